The molecule has 1 unspecified atom stereocenters. The van der Waals surface area contributed by atoms with Crippen LogP contribution in [0.5, 0.6) is 0 Å². The van der Waals surface area contributed by atoms with Crippen molar-refractivity contribution in [3.63, 3.8) is 0 Å². The van der Waals surface area contributed by atoms with Crippen molar-refractivity contribution < 1.29 is 0 Å². The van der Waals surface area contributed by atoms with E-state index in [2.05, 4.69) is 9.97 Å². The number of nitriles is 2. The van der Waals surface area contributed by atoms with Crippen LogP contribution in [0.1, 0.15) is 31.0 Å². The molecule has 0 radical (unpaired) electrons. The smallest absolute Gasteiger partial charge is 0.334 e. The number of pyridine rings is 1. The lowest BCUT2D eigenvalue weighted by molar-refractivity contribution is 0.494. The molecular weight excluding hydrogens is 410 g/mol. The Hall–Kier alpha value is -3.96. The highest BCUT2D eigenvalue weighted by Gasteiger charge is 2.26. The fourth-order valence-electron chi connectivity index (χ4n) is 4.18. The minimum atomic E-state index is -0.666. The van der Waals surface area contributed by atoms with Crippen LogP contribution in [-0.4, -0.2) is 42.8 Å². The Bertz CT molecular complexity index is 1370. The van der Waals surface area contributed by atoms with Gasteiger partial charge in [-0.2, -0.15) is 15.5 Å². The maximum absolute atomic E-state index is 13.5. The number of imidazole rings is 1. The van der Waals surface area contributed by atoms with Gasteiger partial charge in [-0.25, -0.2) is 4.79 Å². The van der Waals surface area contributed by atoms with Gasteiger partial charge in [-0.05, 0) is 31.9 Å². The van der Waals surface area contributed by atoms with E-state index in [1.807, 2.05) is 24.0 Å². The maximum Gasteiger partial charge on any atom is 0.334 e. The zero-order valence-corrected chi connectivity index (χ0v) is 17.7. The van der Waals surface area contributed by atoms with E-state index in [1.165, 1.54) is 10.8 Å². The number of aryl methyl sites for hydroxylation is 1. The van der Waals surface area contributed by atoms with Crippen LogP contribution in [0.25, 0.3) is 11.2 Å². The van der Waals surface area contributed by atoms with Crippen molar-refractivity contribution >= 4 is 17.1 Å². The van der Waals surface area contributed by atoms with Gasteiger partial charge in [0.15, 0.2) is 11.2 Å². The monoisotopic (exact) mass is 433 g/mol. The van der Waals surface area contributed by atoms with E-state index in [-0.39, 0.29) is 35.9 Å². The fraction of sp³-hybridized carbons (Fsp3) is 0.429. The molecule has 0 aliphatic carbocycles. The highest BCUT2D eigenvalue weighted by Crippen LogP contribution is 2.23. The molecule has 0 spiro atoms. The van der Waals surface area contributed by atoms with Gasteiger partial charge in [0.2, 0.25) is 5.95 Å². The van der Waals surface area contributed by atoms with Gasteiger partial charge in [-0.1, -0.05) is 0 Å². The highest BCUT2D eigenvalue weighted by atomic mass is 16.2. The molecule has 0 saturated carbocycles. The van der Waals surface area contributed by atoms with Crippen molar-refractivity contribution in [3.05, 3.63) is 50.4 Å². The van der Waals surface area contributed by atoms with Crippen LogP contribution in [0.2, 0.25) is 0 Å². The molecule has 3 aromatic rings. The molecule has 1 saturated heterocycles. The topological polar surface area (TPSA) is 152 Å². The van der Waals surface area contributed by atoms with E-state index >= 15 is 0 Å². The second-order valence-electron chi connectivity index (χ2n) is 7.70. The van der Waals surface area contributed by atoms with Crippen molar-refractivity contribution in [3.8, 4) is 12.1 Å². The molecule has 32 heavy (non-hydrogen) atoms. The Morgan fingerprint density at radius 1 is 1.25 bits per heavy atom. The molecule has 0 amide bonds. The predicted molar refractivity (Wildman–Crippen MR) is 117 cm³/mol. The summed E-state index contributed by atoms with van der Waals surface area (Å²) in [5, 5.41) is 18.7. The van der Waals surface area contributed by atoms with Gasteiger partial charge >= 0.3 is 5.69 Å². The predicted octanol–water partition coefficient (Wildman–Crippen LogP) is 0.146. The summed E-state index contributed by atoms with van der Waals surface area (Å²) < 4.78 is 3.98. The molecule has 11 heteroatoms. The molecule has 1 aliphatic rings. The van der Waals surface area contributed by atoms with Crippen molar-refractivity contribution in [1.29, 1.82) is 10.5 Å². The van der Waals surface area contributed by atoms with E-state index in [0.717, 1.165) is 24.0 Å². The Kier molecular flexibility index (Phi) is 5.75. The first-order valence-corrected chi connectivity index (χ1v) is 10.5. The zero-order valence-electron chi connectivity index (χ0n) is 17.7. The number of anilines is 1. The first-order valence-electron chi connectivity index (χ1n) is 10.5. The van der Waals surface area contributed by atoms with Crippen LogP contribution < -0.4 is 21.9 Å². The Morgan fingerprint density at radius 2 is 2.06 bits per heavy atom. The van der Waals surface area contributed by atoms with Crippen LogP contribution in [0, 0.1) is 22.7 Å². The molecule has 0 bridgehead atoms. The van der Waals surface area contributed by atoms with Crippen LogP contribution >= 0.6 is 0 Å². The average Bonchev–Trinajstić information content (AvgIpc) is 3.19. The summed E-state index contributed by atoms with van der Waals surface area (Å²) in [6, 6.07) is 7.20. The van der Waals surface area contributed by atoms with E-state index in [9.17, 15) is 20.1 Å². The van der Waals surface area contributed by atoms with Gasteiger partial charge in [0, 0.05) is 31.9 Å². The molecular formula is C21H23N9O2. The molecule has 1 fully saturated rings. The summed E-state index contributed by atoms with van der Waals surface area (Å²) in [6.45, 7) is 3.24. The third-order valence-electron chi connectivity index (χ3n) is 5.70. The Balaban J connectivity index is 1.97. The summed E-state index contributed by atoms with van der Waals surface area (Å²) >= 11 is 0. The maximum atomic E-state index is 13.5. The lowest BCUT2D eigenvalue weighted by atomic mass is 10.1. The number of hydrogen-bond donors (Lipinski definition) is 1. The average molecular weight is 433 g/mol. The third-order valence-corrected chi connectivity index (χ3v) is 5.70. The number of hydrogen-bond acceptors (Lipinski definition) is 8. The number of nitrogens with two attached hydrogens (primary N) is 1. The van der Waals surface area contributed by atoms with Crippen LogP contribution in [0.4, 0.5) is 5.95 Å². The molecule has 4 heterocycles. The van der Waals surface area contributed by atoms with Gasteiger partial charge in [0.25, 0.3) is 5.56 Å². The standard InChI is InChI=1S/C21H23N9O2/c1-2-28-17-18(26-20(28)27-9-4-6-15(24)12-27)29(10-7-22)21(32)30(19(17)31)13-16-14(11-23)5-3-8-25-16/h3,5,8,15H,2,4,6,9-10,12-13,24H2,1H3. The van der Waals surface area contributed by atoms with Crippen molar-refractivity contribution in [2.75, 3.05) is 18.0 Å². The number of aromatic nitrogens is 5. The summed E-state index contributed by atoms with van der Waals surface area (Å²) in [4.78, 5) is 37.5. The summed E-state index contributed by atoms with van der Waals surface area (Å²) in [5.41, 5.74) is 5.94. The minimum Gasteiger partial charge on any atom is -0.341 e. The van der Waals surface area contributed by atoms with Crippen LogP contribution in [0.3, 0.4) is 0 Å². The second-order valence-corrected chi connectivity index (χ2v) is 7.70. The first-order chi connectivity index (χ1) is 15.5. The lowest BCUT2D eigenvalue weighted by Gasteiger charge is -2.31. The molecule has 4 rings (SSSR count). The van der Waals surface area contributed by atoms with Gasteiger partial charge in [0.1, 0.15) is 12.6 Å². The fourth-order valence-corrected chi connectivity index (χ4v) is 4.18. The Labute approximate surface area is 183 Å². The number of rotatable bonds is 5. The minimum absolute atomic E-state index is 0.000357. The van der Waals surface area contributed by atoms with Crippen LogP contribution in [-0.2, 0) is 19.6 Å². The molecule has 0 aromatic carbocycles. The highest BCUT2D eigenvalue weighted by molar-refractivity contribution is 5.75. The first kappa shape index (κ1) is 21.3. The summed E-state index contributed by atoms with van der Waals surface area (Å²) in [5.74, 6) is 0.564. The van der Waals surface area contributed by atoms with Crippen LogP contribution in [0.15, 0.2) is 27.9 Å². The number of fused-ring (bicyclic) bond motifs is 1. The zero-order chi connectivity index (χ0) is 22.8. The van der Waals surface area contributed by atoms with Crippen molar-refractivity contribution in [2.45, 2.75) is 45.4 Å². The quantitative estimate of drug-likeness (QED) is 0.597. The van der Waals surface area contributed by atoms with E-state index in [4.69, 9.17) is 5.73 Å². The largest absolute Gasteiger partial charge is 0.341 e. The normalized spacial score (nSPS) is 16.1. The van der Waals surface area contributed by atoms with E-state index < -0.39 is 11.2 Å². The van der Waals surface area contributed by atoms with E-state index in [1.54, 1.807) is 16.7 Å². The molecule has 2 N–H and O–H groups in total. The van der Waals surface area contributed by atoms with Gasteiger partial charge in [0.05, 0.1) is 23.9 Å². The molecule has 11 nitrogen and oxygen atoms in total. The molecule has 3 aromatic heterocycles. The van der Waals surface area contributed by atoms with Gasteiger partial charge < -0.3 is 15.2 Å². The number of nitrogens with zero attached hydrogens (tertiary/aromatic N) is 8. The van der Waals surface area contributed by atoms with Gasteiger partial charge in [-0.15, -0.1) is 0 Å². The SMILES string of the molecule is CCn1c(N2CCCC(N)C2)nc2c1c(=O)n(Cc1ncccc1C#N)c(=O)n2CC#N. The number of piperidine rings is 1. The molecule has 164 valence electrons. The van der Waals surface area contributed by atoms with Crippen molar-refractivity contribution in [2.24, 2.45) is 5.73 Å². The molecule has 1 aliphatic heterocycles. The third kappa shape index (κ3) is 3.53. The second kappa shape index (κ2) is 8.65. The van der Waals surface area contributed by atoms with Crippen molar-refractivity contribution in [1.82, 2.24) is 23.7 Å². The summed E-state index contributed by atoms with van der Waals surface area (Å²) in [6.07, 6.45) is 3.32. The Morgan fingerprint density at radius 3 is 2.75 bits per heavy atom. The lowest BCUT2D eigenvalue weighted by Crippen LogP contribution is -2.44. The molecule has 1 atom stereocenters. The summed E-state index contributed by atoms with van der Waals surface area (Å²) in [7, 11) is 0. The van der Waals surface area contributed by atoms with E-state index in [0.29, 0.717) is 24.7 Å². The van der Waals surface area contributed by atoms with Gasteiger partial charge in [-0.3, -0.25) is 18.9 Å².